The number of hydrogen-bond acceptors (Lipinski definition) is 6. The van der Waals surface area contributed by atoms with Crippen LogP contribution in [0.1, 0.15) is 21.5 Å². The van der Waals surface area contributed by atoms with E-state index in [2.05, 4.69) is 22.1 Å². The van der Waals surface area contributed by atoms with Gasteiger partial charge in [0.1, 0.15) is 0 Å². The van der Waals surface area contributed by atoms with Crippen LogP contribution in [0, 0.1) is 0 Å². The van der Waals surface area contributed by atoms with Gasteiger partial charge < -0.3 is 14.2 Å². The van der Waals surface area contributed by atoms with Gasteiger partial charge in [-0.25, -0.2) is 14.8 Å². The molecular formula is C23H20N2O4. The van der Waals surface area contributed by atoms with Crippen molar-refractivity contribution < 1.29 is 19.0 Å². The number of rotatable bonds is 7. The van der Waals surface area contributed by atoms with E-state index in [1.165, 1.54) is 18.0 Å². The zero-order valence-corrected chi connectivity index (χ0v) is 15.8. The third-order valence-corrected chi connectivity index (χ3v) is 4.97. The fourth-order valence-corrected chi connectivity index (χ4v) is 3.15. The second-order valence-electron chi connectivity index (χ2n) is 7.34. The molecule has 3 heterocycles. The van der Waals surface area contributed by atoms with Gasteiger partial charge in [0.25, 0.3) is 0 Å². The van der Waals surface area contributed by atoms with Crippen LogP contribution >= 0.6 is 0 Å². The molecule has 2 saturated heterocycles. The summed E-state index contributed by atoms with van der Waals surface area (Å²) in [7, 11) is 0. The van der Waals surface area contributed by atoms with Crippen molar-refractivity contribution in [1.29, 1.82) is 0 Å². The Hall–Kier alpha value is -3.09. The topological polar surface area (TPSA) is 77.1 Å². The van der Waals surface area contributed by atoms with Crippen LogP contribution in [0.5, 0.6) is 5.75 Å². The SMILES string of the molecule is O=C(Oc1cnc(-c2ccc(CC3CO3)cc2)nc1)c1ccc(CC2CO2)cc1. The van der Waals surface area contributed by atoms with Crippen molar-refractivity contribution >= 4 is 5.97 Å². The number of esters is 1. The summed E-state index contributed by atoms with van der Waals surface area (Å²) in [6, 6.07) is 15.5. The van der Waals surface area contributed by atoms with Gasteiger partial charge >= 0.3 is 5.97 Å². The minimum absolute atomic E-state index is 0.316. The van der Waals surface area contributed by atoms with Crippen molar-refractivity contribution in [3.8, 4) is 17.1 Å². The number of aromatic nitrogens is 2. The molecule has 0 spiro atoms. The number of nitrogens with zero attached hydrogens (tertiary/aromatic N) is 2. The van der Waals surface area contributed by atoms with Crippen LogP contribution in [-0.2, 0) is 22.3 Å². The zero-order valence-electron chi connectivity index (χ0n) is 15.8. The van der Waals surface area contributed by atoms with E-state index in [1.807, 2.05) is 24.3 Å². The van der Waals surface area contributed by atoms with Crippen molar-refractivity contribution in [2.45, 2.75) is 25.0 Å². The number of ether oxygens (including phenoxy) is 3. The van der Waals surface area contributed by atoms with Gasteiger partial charge in [-0.2, -0.15) is 0 Å². The normalized spacial score (nSPS) is 19.6. The van der Waals surface area contributed by atoms with Crippen molar-refractivity contribution in [2.75, 3.05) is 13.2 Å². The first-order chi connectivity index (χ1) is 14.2. The molecule has 0 aliphatic carbocycles. The minimum atomic E-state index is -0.429. The van der Waals surface area contributed by atoms with Crippen LogP contribution in [0.3, 0.4) is 0 Å². The predicted octanol–water partition coefficient (Wildman–Crippen LogP) is 3.25. The molecule has 0 saturated carbocycles. The average Bonchev–Trinajstić information content (AvgIpc) is 3.67. The average molecular weight is 388 g/mol. The van der Waals surface area contributed by atoms with Gasteiger partial charge in [-0.1, -0.05) is 36.4 Å². The lowest BCUT2D eigenvalue weighted by Gasteiger charge is -2.06. The quantitative estimate of drug-likeness (QED) is 0.457. The van der Waals surface area contributed by atoms with E-state index in [0.29, 0.717) is 29.3 Å². The van der Waals surface area contributed by atoms with Crippen molar-refractivity contribution in [2.24, 2.45) is 0 Å². The van der Waals surface area contributed by atoms with E-state index in [4.69, 9.17) is 14.2 Å². The largest absolute Gasteiger partial charge is 0.420 e. The summed E-state index contributed by atoms with van der Waals surface area (Å²) in [4.78, 5) is 21.0. The van der Waals surface area contributed by atoms with Crippen LogP contribution in [0.4, 0.5) is 0 Å². The molecule has 5 rings (SSSR count). The maximum Gasteiger partial charge on any atom is 0.343 e. The Labute approximate surface area is 168 Å². The summed E-state index contributed by atoms with van der Waals surface area (Å²) in [5.41, 5.74) is 3.79. The number of benzene rings is 2. The number of hydrogen-bond donors (Lipinski definition) is 0. The number of carbonyl (C=O) groups excluding carboxylic acids is 1. The van der Waals surface area contributed by atoms with Crippen LogP contribution in [0.25, 0.3) is 11.4 Å². The lowest BCUT2D eigenvalue weighted by atomic mass is 10.1. The minimum Gasteiger partial charge on any atom is -0.420 e. The molecule has 2 aliphatic rings. The highest BCUT2D eigenvalue weighted by molar-refractivity contribution is 5.91. The van der Waals surface area contributed by atoms with E-state index in [9.17, 15) is 4.79 Å². The van der Waals surface area contributed by atoms with Crippen molar-refractivity contribution in [1.82, 2.24) is 9.97 Å². The van der Waals surface area contributed by atoms with Gasteiger partial charge in [-0.3, -0.25) is 0 Å². The Morgan fingerprint density at radius 1 is 0.862 bits per heavy atom. The molecule has 2 unspecified atom stereocenters. The molecule has 2 fully saturated rings. The maximum absolute atomic E-state index is 12.3. The predicted molar refractivity (Wildman–Crippen MR) is 106 cm³/mol. The molecule has 0 amide bonds. The molecule has 0 radical (unpaired) electrons. The third-order valence-electron chi connectivity index (χ3n) is 4.97. The molecule has 146 valence electrons. The molecule has 6 nitrogen and oxygen atoms in total. The summed E-state index contributed by atoms with van der Waals surface area (Å²) in [5.74, 6) is 0.476. The summed E-state index contributed by atoms with van der Waals surface area (Å²) in [5, 5.41) is 0. The summed E-state index contributed by atoms with van der Waals surface area (Å²) in [6.45, 7) is 1.67. The molecular weight excluding hydrogens is 368 g/mol. The van der Waals surface area contributed by atoms with E-state index < -0.39 is 5.97 Å². The van der Waals surface area contributed by atoms with Crippen LogP contribution in [0.2, 0.25) is 0 Å². The van der Waals surface area contributed by atoms with Gasteiger partial charge in [0.15, 0.2) is 11.6 Å². The monoisotopic (exact) mass is 388 g/mol. The first kappa shape index (κ1) is 18.0. The van der Waals surface area contributed by atoms with Crippen molar-refractivity contribution in [3.63, 3.8) is 0 Å². The smallest absolute Gasteiger partial charge is 0.343 e. The maximum atomic E-state index is 12.3. The Balaban J connectivity index is 1.20. The first-order valence-corrected chi connectivity index (χ1v) is 9.68. The van der Waals surface area contributed by atoms with E-state index in [1.54, 1.807) is 12.1 Å². The van der Waals surface area contributed by atoms with E-state index in [0.717, 1.165) is 37.2 Å². The van der Waals surface area contributed by atoms with Crippen molar-refractivity contribution in [3.05, 3.63) is 77.6 Å². The van der Waals surface area contributed by atoms with E-state index in [-0.39, 0.29) is 0 Å². The van der Waals surface area contributed by atoms with Gasteiger partial charge in [0.05, 0.1) is 43.4 Å². The Morgan fingerprint density at radius 2 is 1.38 bits per heavy atom. The molecule has 2 aliphatic heterocycles. The molecule has 0 bridgehead atoms. The van der Waals surface area contributed by atoms with Gasteiger partial charge in [-0.15, -0.1) is 0 Å². The molecule has 2 aromatic carbocycles. The number of epoxide rings is 2. The Kier molecular flexibility index (Phi) is 4.79. The first-order valence-electron chi connectivity index (χ1n) is 9.68. The number of carbonyl (C=O) groups is 1. The fourth-order valence-electron chi connectivity index (χ4n) is 3.15. The van der Waals surface area contributed by atoms with Gasteiger partial charge in [0, 0.05) is 18.4 Å². The van der Waals surface area contributed by atoms with Gasteiger partial charge in [0.2, 0.25) is 0 Å². The highest BCUT2D eigenvalue weighted by atomic mass is 16.6. The highest BCUT2D eigenvalue weighted by Crippen LogP contribution is 2.21. The second-order valence-corrected chi connectivity index (χ2v) is 7.34. The lowest BCUT2D eigenvalue weighted by Crippen LogP contribution is -2.09. The molecule has 29 heavy (non-hydrogen) atoms. The molecule has 6 heteroatoms. The summed E-state index contributed by atoms with van der Waals surface area (Å²) >= 11 is 0. The Morgan fingerprint density at radius 3 is 1.90 bits per heavy atom. The molecule has 1 aromatic heterocycles. The standard InChI is InChI=1S/C23H20N2O4/c26-23(18-7-3-16(4-8-18)10-20-14-28-20)29-21-11-24-22(25-12-21)17-5-1-15(2-6-17)9-19-13-27-19/h1-8,11-12,19-20H,9-10,13-14H2. The molecule has 3 aromatic rings. The molecule has 2 atom stereocenters. The summed E-state index contributed by atoms with van der Waals surface area (Å²) < 4.78 is 15.9. The third kappa shape index (κ3) is 4.67. The van der Waals surface area contributed by atoms with E-state index >= 15 is 0 Å². The Bertz CT molecular complexity index is 993. The highest BCUT2D eigenvalue weighted by Gasteiger charge is 2.23. The van der Waals surface area contributed by atoms with Crippen LogP contribution in [-0.4, -0.2) is 41.4 Å². The fraction of sp³-hybridized carbons (Fsp3) is 0.261. The van der Waals surface area contributed by atoms with Crippen LogP contribution in [0.15, 0.2) is 60.9 Å². The second kappa shape index (κ2) is 7.73. The lowest BCUT2D eigenvalue weighted by molar-refractivity contribution is 0.0733. The molecule has 0 N–H and O–H groups in total. The van der Waals surface area contributed by atoms with Crippen LogP contribution < -0.4 is 4.74 Å². The van der Waals surface area contributed by atoms with Gasteiger partial charge in [-0.05, 0) is 23.3 Å². The summed E-state index contributed by atoms with van der Waals surface area (Å²) in [6.07, 6.45) is 5.54. The zero-order chi connectivity index (χ0) is 19.6.